The Hall–Kier alpha value is -7.50. The van der Waals surface area contributed by atoms with Gasteiger partial charge in [-0.3, -0.25) is 0 Å². The number of hydrogen-bond acceptors (Lipinski definition) is 4. The van der Waals surface area contributed by atoms with Crippen molar-refractivity contribution in [2.45, 2.75) is 30.4 Å². The highest BCUT2D eigenvalue weighted by atomic mass is 32.2. The van der Waals surface area contributed by atoms with Crippen molar-refractivity contribution in [1.82, 2.24) is 0 Å². The highest BCUT2D eigenvalue weighted by Crippen LogP contribution is 2.65. The molecule has 2 spiro atoms. The van der Waals surface area contributed by atoms with Crippen LogP contribution in [0.25, 0.3) is 44.2 Å². The van der Waals surface area contributed by atoms with Gasteiger partial charge in [0.25, 0.3) is 0 Å². The summed E-state index contributed by atoms with van der Waals surface area (Å²) in [5.41, 5.74) is 19.9. The molecule has 0 radical (unpaired) electrons. The summed E-state index contributed by atoms with van der Waals surface area (Å²) in [6, 6.07) is 84.0. The van der Waals surface area contributed by atoms with Crippen molar-refractivity contribution in [3.05, 3.63) is 269 Å². The van der Waals surface area contributed by atoms with Crippen molar-refractivity contribution in [3.8, 4) is 22.3 Å². The van der Waals surface area contributed by atoms with Gasteiger partial charge in [-0.05, 0) is 140 Å². The van der Waals surface area contributed by atoms with Gasteiger partial charge in [0.1, 0.15) is 11.2 Å². The summed E-state index contributed by atoms with van der Waals surface area (Å²) in [7, 11) is 0. The molecule has 308 valence electrons. The first-order valence-electron chi connectivity index (χ1n) is 22.7. The van der Waals surface area contributed by atoms with Crippen LogP contribution in [0.5, 0.6) is 0 Å². The zero-order chi connectivity index (χ0) is 43.1. The van der Waals surface area contributed by atoms with E-state index in [9.17, 15) is 0 Å². The zero-order valence-electron chi connectivity index (χ0n) is 35.5. The van der Waals surface area contributed by atoms with Gasteiger partial charge in [-0.25, -0.2) is 0 Å². The lowest BCUT2D eigenvalue weighted by Crippen LogP contribution is -2.32. The minimum atomic E-state index is -0.500. The zero-order valence-corrected chi connectivity index (χ0v) is 37.2. The molecule has 0 amide bonds. The summed E-state index contributed by atoms with van der Waals surface area (Å²) in [5, 5.41) is 2.21. The Labute approximate surface area is 391 Å². The smallest absolute Gasteiger partial charge is 0.135 e. The van der Waals surface area contributed by atoms with E-state index in [0.29, 0.717) is 0 Å². The van der Waals surface area contributed by atoms with Crippen LogP contribution in [-0.4, -0.2) is 0 Å². The van der Waals surface area contributed by atoms with Crippen molar-refractivity contribution in [2.24, 2.45) is 0 Å². The van der Waals surface area contributed by atoms with E-state index in [0.717, 1.165) is 39.0 Å². The molecule has 66 heavy (non-hydrogen) atoms. The lowest BCUT2D eigenvalue weighted by Gasteiger charge is -2.40. The molecule has 10 aromatic carbocycles. The second-order valence-electron chi connectivity index (χ2n) is 17.9. The molecule has 1 aromatic heterocycles. The van der Waals surface area contributed by atoms with Crippen molar-refractivity contribution in [2.75, 3.05) is 4.90 Å². The quantitative estimate of drug-likeness (QED) is 0.176. The molecule has 0 fully saturated rings. The summed E-state index contributed by atoms with van der Waals surface area (Å²) in [4.78, 5) is 7.70. The SMILES string of the molecule is c1ccc2c(c1)Sc1ccccc1C21c2ccccc2-c2cc(N(c3ccc4c(c3)C3(c5ccccc5Sc5ccccc53)c3ccccc3-4)c3ccc4oc5ccccc5c4c3)ccc21. The standard InChI is InChI=1S/C62H37NOS2/c1-4-18-47-41(15-1)43-32-29-40(37-54(43)62(47)52-22-8-13-27-59(52)66-60-28-14-9-23-53(60)62)63(39-31-34-56-46(36-39)44-17-3-10-24-55(44)64-56)38-30-33-49-45(35-38)42-16-2-5-19-48(42)61(49)50-20-6-11-25-57(50)65-58-26-12-7-21-51(58)61/h1-37H. The molecule has 11 aromatic rings. The average molecular weight is 876 g/mol. The first-order valence-corrected chi connectivity index (χ1v) is 24.3. The van der Waals surface area contributed by atoms with Gasteiger partial charge in [0.2, 0.25) is 0 Å². The predicted molar refractivity (Wildman–Crippen MR) is 271 cm³/mol. The number of furan rings is 1. The fraction of sp³-hybridized carbons (Fsp3) is 0.0323. The molecule has 2 aliphatic carbocycles. The normalized spacial score (nSPS) is 14.8. The highest BCUT2D eigenvalue weighted by molar-refractivity contribution is 7.99. The van der Waals surface area contributed by atoms with Gasteiger partial charge < -0.3 is 9.32 Å². The fourth-order valence-electron chi connectivity index (χ4n) is 12.3. The topological polar surface area (TPSA) is 16.4 Å². The maximum Gasteiger partial charge on any atom is 0.135 e. The second-order valence-corrected chi connectivity index (χ2v) is 20.0. The molecule has 0 saturated carbocycles. The van der Waals surface area contributed by atoms with E-state index in [2.05, 4.69) is 223 Å². The van der Waals surface area contributed by atoms with E-state index >= 15 is 0 Å². The Morgan fingerprint density at radius 3 is 1.32 bits per heavy atom. The number of anilines is 3. The van der Waals surface area contributed by atoms with Crippen LogP contribution >= 0.6 is 23.5 Å². The fourth-order valence-corrected chi connectivity index (χ4v) is 14.7. The Morgan fingerprint density at radius 1 is 0.288 bits per heavy atom. The van der Waals surface area contributed by atoms with Crippen LogP contribution in [-0.2, 0) is 10.8 Å². The van der Waals surface area contributed by atoms with Crippen molar-refractivity contribution in [3.63, 3.8) is 0 Å². The molecule has 0 atom stereocenters. The number of hydrogen-bond donors (Lipinski definition) is 0. The van der Waals surface area contributed by atoms with Crippen molar-refractivity contribution >= 4 is 62.5 Å². The molecule has 0 unspecified atom stereocenters. The monoisotopic (exact) mass is 875 g/mol. The van der Waals surface area contributed by atoms with E-state index < -0.39 is 10.8 Å². The van der Waals surface area contributed by atoms with Gasteiger partial charge in [0.05, 0.1) is 10.8 Å². The third kappa shape index (κ3) is 4.70. The van der Waals surface area contributed by atoms with Crippen LogP contribution in [0.4, 0.5) is 17.1 Å². The molecule has 2 aliphatic heterocycles. The molecule has 3 heterocycles. The molecule has 0 saturated heterocycles. The summed E-state index contributed by atoms with van der Waals surface area (Å²) in [6.07, 6.45) is 0. The lowest BCUT2D eigenvalue weighted by molar-refractivity contribution is 0.669. The van der Waals surface area contributed by atoms with Gasteiger partial charge in [-0.15, -0.1) is 0 Å². The van der Waals surface area contributed by atoms with Gasteiger partial charge >= 0.3 is 0 Å². The maximum absolute atomic E-state index is 6.44. The number of fused-ring (bicyclic) bond motifs is 21. The maximum atomic E-state index is 6.44. The minimum Gasteiger partial charge on any atom is -0.456 e. The Morgan fingerprint density at radius 2 is 0.697 bits per heavy atom. The molecule has 4 heteroatoms. The van der Waals surface area contributed by atoms with E-state index in [4.69, 9.17) is 4.42 Å². The van der Waals surface area contributed by atoms with Crippen LogP contribution in [0.3, 0.4) is 0 Å². The molecular weight excluding hydrogens is 839 g/mol. The van der Waals surface area contributed by atoms with Gasteiger partial charge in [0.15, 0.2) is 0 Å². The third-order valence-electron chi connectivity index (χ3n) is 14.8. The van der Waals surface area contributed by atoms with Gasteiger partial charge in [-0.1, -0.05) is 175 Å². The number of nitrogens with zero attached hydrogens (tertiary/aromatic N) is 1. The van der Waals surface area contributed by atoms with E-state index in [1.165, 1.54) is 86.3 Å². The summed E-state index contributed by atoms with van der Waals surface area (Å²) in [6.45, 7) is 0. The number of benzene rings is 10. The molecular formula is C62H37NOS2. The number of para-hydroxylation sites is 1. The van der Waals surface area contributed by atoms with Crippen LogP contribution in [0, 0.1) is 0 Å². The van der Waals surface area contributed by atoms with Crippen LogP contribution in [0.15, 0.2) is 248 Å². The number of rotatable bonds is 3. The summed E-state index contributed by atoms with van der Waals surface area (Å²) >= 11 is 3.77. The van der Waals surface area contributed by atoms with Crippen LogP contribution < -0.4 is 4.90 Å². The largest absolute Gasteiger partial charge is 0.456 e. The first kappa shape index (κ1) is 36.8. The second kappa shape index (κ2) is 13.5. The van der Waals surface area contributed by atoms with E-state index in [1.807, 2.05) is 29.6 Å². The van der Waals surface area contributed by atoms with Gasteiger partial charge in [0, 0.05) is 47.4 Å². The van der Waals surface area contributed by atoms with Crippen molar-refractivity contribution in [1.29, 1.82) is 0 Å². The molecule has 15 rings (SSSR count). The highest BCUT2D eigenvalue weighted by Gasteiger charge is 2.52. The lowest BCUT2D eigenvalue weighted by atomic mass is 9.67. The van der Waals surface area contributed by atoms with Crippen LogP contribution in [0.2, 0.25) is 0 Å². The average Bonchev–Trinajstić information content (AvgIpc) is 3.99. The Kier molecular flexibility index (Phi) is 7.54. The molecule has 0 bridgehead atoms. The third-order valence-corrected chi connectivity index (χ3v) is 17.1. The molecule has 0 N–H and O–H groups in total. The van der Waals surface area contributed by atoms with Crippen LogP contribution in [0.1, 0.15) is 44.5 Å². The Balaban J connectivity index is 1.01. The van der Waals surface area contributed by atoms with E-state index in [1.54, 1.807) is 0 Å². The first-order chi connectivity index (χ1) is 32.7. The minimum absolute atomic E-state index is 0.451. The predicted octanol–water partition coefficient (Wildman–Crippen LogP) is 16.7. The van der Waals surface area contributed by atoms with Crippen molar-refractivity contribution < 1.29 is 4.42 Å². The molecule has 4 aliphatic rings. The van der Waals surface area contributed by atoms with E-state index in [-0.39, 0.29) is 0 Å². The Bertz CT molecular complexity index is 3790. The summed E-state index contributed by atoms with van der Waals surface area (Å²) < 4.78 is 6.44. The summed E-state index contributed by atoms with van der Waals surface area (Å²) in [5.74, 6) is 0. The molecule has 2 nitrogen and oxygen atoms in total. The van der Waals surface area contributed by atoms with Gasteiger partial charge in [-0.2, -0.15) is 0 Å².